The van der Waals surface area contributed by atoms with Gasteiger partial charge in [-0.05, 0) is 30.2 Å². The summed E-state index contributed by atoms with van der Waals surface area (Å²) >= 11 is 0. The molecule has 2 rings (SSSR count). The lowest BCUT2D eigenvalue weighted by atomic mass is 10.1. The van der Waals surface area contributed by atoms with Crippen molar-refractivity contribution in [3.8, 4) is 0 Å². The summed E-state index contributed by atoms with van der Waals surface area (Å²) in [5.74, 6) is -0.483. The number of nitro groups is 1. The zero-order chi connectivity index (χ0) is 15.4. The maximum Gasteiger partial charge on any atom is 0.271 e. The first-order valence-electron chi connectivity index (χ1n) is 6.35. The minimum atomic E-state index is -0.483. The van der Waals surface area contributed by atoms with Gasteiger partial charge in [0.15, 0.2) is 0 Å². The van der Waals surface area contributed by atoms with E-state index in [1.54, 1.807) is 24.3 Å². The lowest BCUT2D eigenvalue weighted by Crippen LogP contribution is -2.11. The van der Waals surface area contributed by atoms with Gasteiger partial charge in [0.1, 0.15) is 0 Å². The van der Waals surface area contributed by atoms with Crippen LogP contribution < -0.4 is 11.1 Å². The molecule has 0 unspecified atom stereocenters. The van der Waals surface area contributed by atoms with Crippen molar-refractivity contribution in [1.29, 1.82) is 0 Å². The molecule has 0 heterocycles. The number of primary amides is 1. The summed E-state index contributed by atoms with van der Waals surface area (Å²) in [4.78, 5) is 21.5. The largest absolute Gasteiger partial charge is 0.381 e. The second-order valence-electron chi connectivity index (χ2n) is 4.67. The fourth-order valence-electron chi connectivity index (χ4n) is 1.95. The highest BCUT2D eigenvalue weighted by atomic mass is 16.6. The van der Waals surface area contributed by atoms with E-state index in [9.17, 15) is 14.9 Å². The maximum absolute atomic E-state index is 11.1. The predicted molar refractivity (Wildman–Crippen MR) is 80.1 cm³/mol. The molecule has 108 valence electrons. The third-order valence-electron chi connectivity index (χ3n) is 3.13. The van der Waals surface area contributed by atoms with Crippen LogP contribution in [0.25, 0.3) is 0 Å². The second-order valence-corrected chi connectivity index (χ2v) is 4.67. The topological polar surface area (TPSA) is 98.3 Å². The van der Waals surface area contributed by atoms with Crippen LogP contribution in [-0.4, -0.2) is 10.8 Å². The molecule has 2 aromatic rings. The number of nitrogens with zero attached hydrogens (tertiary/aromatic N) is 1. The third kappa shape index (κ3) is 3.56. The van der Waals surface area contributed by atoms with E-state index in [-0.39, 0.29) is 5.69 Å². The molecule has 0 fully saturated rings. The summed E-state index contributed by atoms with van der Waals surface area (Å²) in [6.07, 6.45) is 0. The van der Waals surface area contributed by atoms with Gasteiger partial charge in [0.25, 0.3) is 5.69 Å². The summed E-state index contributed by atoms with van der Waals surface area (Å²) in [5.41, 5.74) is 8.17. The number of hydrogen-bond donors (Lipinski definition) is 2. The van der Waals surface area contributed by atoms with Crippen LogP contribution in [0.2, 0.25) is 0 Å². The third-order valence-corrected chi connectivity index (χ3v) is 3.13. The Bertz CT molecular complexity index is 698. The first-order valence-corrected chi connectivity index (χ1v) is 6.35. The molecule has 0 bridgehead atoms. The lowest BCUT2D eigenvalue weighted by molar-refractivity contribution is -0.384. The number of hydrogen-bond acceptors (Lipinski definition) is 4. The minimum absolute atomic E-state index is 0.0361. The van der Waals surface area contributed by atoms with Crippen molar-refractivity contribution in [2.45, 2.75) is 13.5 Å². The van der Waals surface area contributed by atoms with E-state index in [1.165, 1.54) is 12.1 Å². The number of non-ortho nitro benzene ring substituents is 1. The smallest absolute Gasteiger partial charge is 0.271 e. The molecular formula is C15H15N3O3. The molecule has 0 aliphatic carbocycles. The molecule has 0 aliphatic heterocycles. The van der Waals surface area contributed by atoms with Crippen LogP contribution in [0.15, 0.2) is 42.5 Å². The minimum Gasteiger partial charge on any atom is -0.381 e. The molecule has 6 nitrogen and oxygen atoms in total. The van der Waals surface area contributed by atoms with Crippen LogP contribution in [0.1, 0.15) is 21.5 Å². The number of anilines is 1. The number of benzene rings is 2. The van der Waals surface area contributed by atoms with Gasteiger partial charge in [-0.25, -0.2) is 0 Å². The van der Waals surface area contributed by atoms with Crippen molar-refractivity contribution >= 4 is 17.3 Å². The van der Waals surface area contributed by atoms with Gasteiger partial charge in [0.2, 0.25) is 5.91 Å². The van der Waals surface area contributed by atoms with Crippen LogP contribution in [0, 0.1) is 17.0 Å². The normalized spacial score (nSPS) is 10.1. The molecule has 6 heteroatoms. The van der Waals surface area contributed by atoms with Crippen molar-refractivity contribution in [1.82, 2.24) is 0 Å². The Hall–Kier alpha value is -2.89. The summed E-state index contributed by atoms with van der Waals surface area (Å²) in [6, 6.07) is 11.6. The lowest BCUT2D eigenvalue weighted by Gasteiger charge is -2.10. The second kappa shape index (κ2) is 6.04. The maximum atomic E-state index is 11.1. The van der Waals surface area contributed by atoms with E-state index < -0.39 is 10.8 Å². The van der Waals surface area contributed by atoms with Crippen LogP contribution in [0.5, 0.6) is 0 Å². The van der Waals surface area contributed by atoms with Gasteiger partial charge in [0, 0.05) is 29.9 Å². The van der Waals surface area contributed by atoms with Crippen LogP contribution in [0.4, 0.5) is 11.4 Å². The van der Waals surface area contributed by atoms with E-state index in [0.717, 1.165) is 11.1 Å². The molecule has 0 spiro atoms. The van der Waals surface area contributed by atoms with Gasteiger partial charge in [-0.2, -0.15) is 0 Å². The Morgan fingerprint density at radius 1 is 1.29 bits per heavy atom. The Kier molecular flexibility index (Phi) is 4.18. The summed E-state index contributed by atoms with van der Waals surface area (Å²) < 4.78 is 0. The SMILES string of the molecule is Cc1ccc([N+](=O)[O-])cc1NCc1cccc(C(N)=O)c1. The highest BCUT2D eigenvalue weighted by molar-refractivity contribution is 5.92. The highest BCUT2D eigenvalue weighted by Gasteiger charge is 2.08. The number of amides is 1. The van der Waals surface area contributed by atoms with Crippen molar-refractivity contribution in [2.24, 2.45) is 5.73 Å². The fourth-order valence-corrected chi connectivity index (χ4v) is 1.95. The number of nitrogens with one attached hydrogen (secondary N) is 1. The van der Waals surface area contributed by atoms with Gasteiger partial charge in [-0.15, -0.1) is 0 Å². The standard InChI is InChI=1S/C15H15N3O3/c1-10-5-6-13(18(20)21)8-14(10)17-9-11-3-2-4-12(7-11)15(16)19/h2-8,17H,9H2,1H3,(H2,16,19). The van der Waals surface area contributed by atoms with E-state index in [2.05, 4.69) is 5.32 Å². The summed E-state index contributed by atoms with van der Waals surface area (Å²) in [7, 11) is 0. The molecule has 0 radical (unpaired) electrons. The molecule has 3 N–H and O–H groups in total. The Morgan fingerprint density at radius 2 is 2.05 bits per heavy atom. The zero-order valence-corrected chi connectivity index (χ0v) is 11.5. The monoisotopic (exact) mass is 285 g/mol. The molecule has 0 saturated heterocycles. The number of carbonyl (C=O) groups excluding carboxylic acids is 1. The first kappa shape index (κ1) is 14.5. The van der Waals surface area contributed by atoms with Gasteiger partial charge in [-0.1, -0.05) is 18.2 Å². The van der Waals surface area contributed by atoms with Crippen LogP contribution in [0.3, 0.4) is 0 Å². The fraction of sp³-hybridized carbons (Fsp3) is 0.133. The molecule has 0 aliphatic rings. The molecule has 1 amide bonds. The van der Waals surface area contributed by atoms with Crippen molar-refractivity contribution in [3.05, 3.63) is 69.3 Å². The number of aryl methyl sites for hydroxylation is 1. The average Bonchev–Trinajstić information content (AvgIpc) is 2.46. The molecule has 0 atom stereocenters. The van der Waals surface area contributed by atoms with Crippen molar-refractivity contribution in [2.75, 3.05) is 5.32 Å². The van der Waals surface area contributed by atoms with Crippen LogP contribution >= 0.6 is 0 Å². The number of nitro benzene ring substituents is 1. The predicted octanol–water partition coefficient (Wildman–Crippen LogP) is 2.61. The Balaban J connectivity index is 2.16. The van der Waals surface area contributed by atoms with Gasteiger partial charge in [0.05, 0.1) is 4.92 Å². The molecule has 0 saturated carbocycles. The van der Waals surface area contributed by atoms with E-state index in [4.69, 9.17) is 5.73 Å². The molecule has 21 heavy (non-hydrogen) atoms. The Morgan fingerprint density at radius 3 is 2.71 bits per heavy atom. The van der Waals surface area contributed by atoms with Crippen LogP contribution in [-0.2, 0) is 6.54 Å². The number of carbonyl (C=O) groups is 1. The number of nitrogens with two attached hydrogens (primary N) is 1. The van der Waals surface area contributed by atoms with Gasteiger partial charge < -0.3 is 11.1 Å². The highest BCUT2D eigenvalue weighted by Crippen LogP contribution is 2.22. The zero-order valence-electron chi connectivity index (χ0n) is 11.5. The summed E-state index contributed by atoms with van der Waals surface area (Å²) in [5, 5.41) is 13.9. The quantitative estimate of drug-likeness (QED) is 0.651. The first-order chi connectivity index (χ1) is 9.97. The average molecular weight is 285 g/mol. The molecule has 0 aromatic heterocycles. The van der Waals surface area contributed by atoms with E-state index in [1.807, 2.05) is 13.0 Å². The van der Waals surface area contributed by atoms with E-state index in [0.29, 0.717) is 17.8 Å². The van der Waals surface area contributed by atoms with Crippen molar-refractivity contribution < 1.29 is 9.72 Å². The van der Waals surface area contributed by atoms with E-state index >= 15 is 0 Å². The number of rotatable bonds is 5. The molecule has 2 aromatic carbocycles. The molecular weight excluding hydrogens is 270 g/mol. The van der Waals surface area contributed by atoms with Crippen molar-refractivity contribution in [3.63, 3.8) is 0 Å². The van der Waals surface area contributed by atoms with Gasteiger partial charge in [-0.3, -0.25) is 14.9 Å². The van der Waals surface area contributed by atoms with Gasteiger partial charge >= 0.3 is 0 Å². The Labute approximate surface area is 121 Å². The summed E-state index contributed by atoms with van der Waals surface area (Å²) in [6.45, 7) is 2.31.